The average Bonchev–Trinajstić information content (AvgIpc) is 2.72. The van der Waals surface area contributed by atoms with Gasteiger partial charge in [0.2, 0.25) is 5.91 Å². The molecule has 0 saturated heterocycles. The second-order valence-corrected chi connectivity index (χ2v) is 7.41. The van der Waals surface area contributed by atoms with Gasteiger partial charge in [-0.3, -0.25) is 14.4 Å². The Bertz CT molecular complexity index is 1030. The topological polar surface area (TPSA) is 102 Å². The highest BCUT2D eigenvalue weighted by molar-refractivity contribution is 6.02. The number of hydrogen-bond acceptors (Lipinski definition) is 6. The van der Waals surface area contributed by atoms with E-state index < -0.39 is 5.97 Å². The number of carbonyl (C=O) groups excluding carboxylic acids is 4. The second-order valence-electron chi connectivity index (χ2n) is 7.41. The largest absolute Gasteiger partial charge is 0.482 e. The highest BCUT2D eigenvalue weighted by Gasteiger charge is 2.26. The molecule has 0 radical (unpaired) electrons. The van der Waals surface area contributed by atoms with E-state index in [1.165, 1.54) is 17.9 Å². The molecular weight excluding hydrogens is 400 g/mol. The highest BCUT2D eigenvalue weighted by Crippen LogP contribution is 2.33. The summed E-state index contributed by atoms with van der Waals surface area (Å²) in [6, 6.07) is 11.3. The molecule has 8 heteroatoms. The Balaban J connectivity index is 1.66. The zero-order valence-corrected chi connectivity index (χ0v) is 17.6. The summed E-state index contributed by atoms with van der Waals surface area (Å²) in [6.07, 6.45) is -0.223. The zero-order chi connectivity index (χ0) is 22.5. The van der Waals surface area contributed by atoms with E-state index in [1.54, 1.807) is 50.2 Å². The SMILES string of the molecule is CC(=O)c1ccc2c(c1)N(CCC(=O)Nc1cccc(C(=O)OC(C)C)c1)C(=O)CO2. The van der Waals surface area contributed by atoms with Crippen LogP contribution in [-0.4, -0.2) is 42.8 Å². The number of esters is 1. The van der Waals surface area contributed by atoms with Gasteiger partial charge in [0.15, 0.2) is 12.4 Å². The molecule has 0 bridgehead atoms. The maximum atomic E-state index is 12.5. The lowest BCUT2D eigenvalue weighted by Crippen LogP contribution is -2.40. The molecule has 0 aromatic heterocycles. The average molecular weight is 424 g/mol. The molecule has 0 spiro atoms. The van der Waals surface area contributed by atoms with E-state index in [1.807, 2.05) is 0 Å². The van der Waals surface area contributed by atoms with E-state index in [-0.39, 0.29) is 43.3 Å². The van der Waals surface area contributed by atoms with Crippen LogP contribution in [0, 0.1) is 0 Å². The van der Waals surface area contributed by atoms with Gasteiger partial charge in [-0.2, -0.15) is 0 Å². The minimum atomic E-state index is -0.470. The van der Waals surface area contributed by atoms with Crippen molar-refractivity contribution >= 4 is 34.9 Å². The van der Waals surface area contributed by atoms with Crippen molar-refractivity contribution < 1.29 is 28.7 Å². The number of ketones is 1. The molecule has 0 unspecified atom stereocenters. The van der Waals surface area contributed by atoms with Gasteiger partial charge in [-0.05, 0) is 57.2 Å². The molecule has 2 aromatic carbocycles. The number of anilines is 2. The first kappa shape index (κ1) is 22.0. The first-order valence-electron chi connectivity index (χ1n) is 9.93. The zero-order valence-electron chi connectivity index (χ0n) is 17.6. The van der Waals surface area contributed by atoms with Crippen LogP contribution in [-0.2, 0) is 14.3 Å². The van der Waals surface area contributed by atoms with Crippen molar-refractivity contribution in [2.24, 2.45) is 0 Å². The van der Waals surface area contributed by atoms with Gasteiger partial charge in [-0.15, -0.1) is 0 Å². The summed E-state index contributed by atoms with van der Waals surface area (Å²) >= 11 is 0. The predicted molar refractivity (Wildman–Crippen MR) is 115 cm³/mol. The monoisotopic (exact) mass is 424 g/mol. The molecule has 1 aliphatic rings. The minimum Gasteiger partial charge on any atom is -0.482 e. The van der Waals surface area contributed by atoms with Crippen LogP contribution in [0.3, 0.4) is 0 Å². The summed E-state index contributed by atoms with van der Waals surface area (Å²) in [5.41, 5.74) is 1.71. The van der Waals surface area contributed by atoms with Crippen molar-refractivity contribution in [3.8, 4) is 5.75 Å². The fourth-order valence-corrected chi connectivity index (χ4v) is 3.11. The Hall–Kier alpha value is -3.68. The summed E-state index contributed by atoms with van der Waals surface area (Å²) in [7, 11) is 0. The summed E-state index contributed by atoms with van der Waals surface area (Å²) in [6.45, 7) is 4.95. The summed E-state index contributed by atoms with van der Waals surface area (Å²) in [5, 5.41) is 2.73. The van der Waals surface area contributed by atoms with Gasteiger partial charge in [0.05, 0.1) is 17.4 Å². The van der Waals surface area contributed by atoms with Crippen LogP contribution in [0.5, 0.6) is 5.75 Å². The number of Topliss-reactive ketones (excluding diaryl/α,β-unsaturated/α-hetero) is 1. The Morgan fingerprint density at radius 1 is 1.13 bits per heavy atom. The molecule has 1 aliphatic heterocycles. The van der Waals surface area contributed by atoms with Crippen LogP contribution in [0.15, 0.2) is 42.5 Å². The summed E-state index contributed by atoms with van der Waals surface area (Å²) in [5.74, 6) is -0.726. The lowest BCUT2D eigenvalue weighted by molar-refractivity contribution is -0.121. The van der Waals surface area contributed by atoms with Gasteiger partial charge in [0.1, 0.15) is 5.75 Å². The van der Waals surface area contributed by atoms with Crippen molar-refractivity contribution in [1.29, 1.82) is 0 Å². The van der Waals surface area contributed by atoms with Crippen molar-refractivity contribution in [1.82, 2.24) is 0 Å². The number of fused-ring (bicyclic) bond motifs is 1. The molecule has 2 aromatic rings. The Morgan fingerprint density at radius 3 is 2.61 bits per heavy atom. The third-order valence-electron chi connectivity index (χ3n) is 4.60. The number of nitrogens with zero attached hydrogens (tertiary/aromatic N) is 1. The van der Waals surface area contributed by atoms with E-state index in [9.17, 15) is 19.2 Å². The number of amides is 2. The normalized spacial score (nSPS) is 12.8. The number of benzene rings is 2. The van der Waals surface area contributed by atoms with Crippen LogP contribution in [0.2, 0.25) is 0 Å². The van der Waals surface area contributed by atoms with Crippen LogP contribution in [0.25, 0.3) is 0 Å². The predicted octanol–water partition coefficient (Wildman–Crippen LogP) is 3.21. The lowest BCUT2D eigenvalue weighted by atomic mass is 10.1. The molecule has 0 fully saturated rings. The third kappa shape index (κ3) is 5.48. The molecule has 0 saturated carbocycles. The Labute approximate surface area is 180 Å². The van der Waals surface area contributed by atoms with Gasteiger partial charge < -0.3 is 19.7 Å². The summed E-state index contributed by atoms with van der Waals surface area (Å²) < 4.78 is 10.6. The molecule has 3 rings (SSSR count). The fourth-order valence-electron chi connectivity index (χ4n) is 3.11. The van der Waals surface area contributed by atoms with E-state index in [2.05, 4.69) is 5.32 Å². The molecule has 1 N–H and O–H groups in total. The van der Waals surface area contributed by atoms with Crippen LogP contribution < -0.4 is 15.0 Å². The van der Waals surface area contributed by atoms with E-state index >= 15 is 0 Å². The minimum absolute atomic E-state index is 0.0240. The van der Waals surface area contributed by atoms with E-state index in [0.717, 1.165) is 0 Å². The van der Waals surface area contributed by atoms with Gasteiger partial charge >= 0.3 is 5.97 Å². The Kier molecular flexibility index (Phi) is 6.69. The summed E-state index contributed by atoms with van der Waals surface area (Å²) in [4.78, 5) is 50.0. The van der Waals surface area contributed by atoms with E-state index in [4.69, 9.17) is 9.47 Å². The van der Waals surface area contributed by atoms with Gasteiger partial charge in [-0.25, -0.2) is 4.79 Å². The number of rotatable bonds is 7. The van der Waals surface area contributed by atoms with Crippen molar-refractivity contribution in [2.75, 3.05) is 23.4 Å². The third-order valence-corrected chi connectivity index (χ3v) is 4.60. The molecule has 162 valence electrons. The number of ether oxygens (including phenoxy) is 2. The smallest absolute Gasteiger partial charge is 0.338 e. The molecule has 31 heavy (non-hydrogen) atoms. The van der Waals surface area contributed by atoms with Gasteiger partial charge in [0.25, 0.3) is 5.91 Å². The van der Waals surface area contributed by atoms with Gasteiger partial charge in [-0.1, -0.05) is 6.07 Å². The first-order valence-corrected chi connectivity index (χ1v) is 9.93. The van der Waals surface area contributed by atoms with Crippen LogP contribution in [0.1, 0.15) is 47.9 Å². The van der Waals surface area contributed by atoms with E-state index in [0.29, 0.717) is 28.3 Å². The molecule has 1 heterocycles. The van der Waals surface area contributed by atoms with Crippen molar-refractivity contribution in [3.63, 3.8) is 0 Å². The molecule has 8 nitrogen and oxygen atoms in total. The maximum absolute atomic E-state index is 12.5. The van der Waals surface area contributed by atoms with Crippen molar-refractivity contribution in [3.05, 3.63) is 53.6 Å². The molecule has 0 aliphatic carbocycles. The standard InChI is InChI=1S/C23H24N2O6/c1-14(2)31-23(29)17-5-4-6-18(11-17)24-21(27)9-10-25-19-12-16(15(3)26)7-8-20(19)30-13-22(25)28/h4-8,11-12,14H,9-10,13H2,1-3H3,(H,24,27). The lowest BCUT2D eigenvalue weighted by Gasteiger charge is -2.29. The quantitative estimate of drug-likeness (QED) is 0.541. The fraction of sp³-hybridized carbons (Fsp3) is 0.304. The first-order chi connectivity index (χ1) is 14.7. The van der Waals surface area contributed by atoms with Crippen LogP contribution >= 0.6 is 0 Å². The Morgan fingerprint density at radius 2 is 1.90 bits per heavy atom. The highest BCUT2D eigenvalue weighted by atomic mass is 16.5. The van der Waals surface area contributed by atoms with Crippen LogP contribution in [0.4, 0.5) is 11.4 Å². The molecular formula is C23H24N2O6. The van der Waals surface area contributed by atoms with Crippen molar-refractivity contribution in [2.45, 2.75) is 33.3 Å². The number of nitrogens with one attached hydrogen (secondary N) is 1. The second kappa shape index (κ2) is 9.42. The number of carbonyl (C=O) groups is 4. The van der Waals surface area contributed by atoms with Gasteiger partial charge in [0, 0.05) is 24.2 Å². The maximum Gasteiger partial charge on any atom is 0.338 e. The molecule has 2 amide bonds. The number of hydrogen-bond donors (Lipinski definition) is 1. The molecule has 0 atom stereocenters.